The number of fused-ring (bicyclic) bond motifs is 1. The van der Waals surface area contributed by atoms with Crippen LogP contribution in [0.5, 0.6) is 0 Å². The van der Waals surface area contributed by atoms with Crippen LogP contribution in [0.4, 0.5) is 11.6 Å². The van der Waals surface area contributed by atoms with Crippen LogP contribution < -0.4 is 5.32 Å². The largest absolute Gasteiger partial charge is 0.326 e. The van der Waals surface area contributed by atoms with Gasteiger partial charge in [0, 0.05) is 21.7 Å². The molecule has 0 aliphatic carbocycles. The van der Waals surface area contributed by atoms with E-state index in [4.69, 9.17) is 4.98 Å². The predicted octanol–water partition coefficient (Wildman–Crippen LogP) is 6.41. The number of para-hydroxylation sites is 2. The molecule has 0 saturated carbocycles. The third kappa shape index (κ3) is 3.17. The van der Waals surface area contributed by atoms with Crippen LogP contribution in [0.1, 0.15) is 4.88 Å². The number of aromatic amines is 1. The van der Waals surface area contributed by atoms with Crippen molar-refractivity contribution in [1.29, 1.82) is 0 Å². The normalized spacial score (nSPS) is 11.0. The Bertz CT molecular complexity index is 1200. The van der Waals surface area contributed by atoms with E-state index in [0.717, 1.165) is 44.5 Å². The third-order valence-corrected chi connectivity index (χ3v) is 5.65. The number of imidazole rings is 1. The Morgan fingerprint density at radius 3 is 2.32 bits per heavy atom. The number of aryl methyl sites for hydroxylation is 1. The van der Waals surface area contributed by atoms with Crippen LogP contribution in [-0.4, -0.2) is 15.0 Å². The Labute approximate surface area is 166 Å². The van der Waals surface area contributed by atoms with E-state index in [1.54, 1.807) is 11.3 Å². The minimum atomic E-state index is 0.741. The lowest BCUT2D eigenvalue weighted by atomic mass is 10.1. The number of benzene rings is 3. The van der Waals surface area contributed by atoms with Crippen molar-refractivity contribution in [2.75, 3.05) is 5.32 Å². The first-order chi connectivity index (χ1) is 13.8. The van der Waals surface area contributed by atoms with Crippen LogP contribution in [0.2, 0.25) is 0 Å². The smallest absolute Gasteiger partial charge is 0.205 e. The number of anilines is 2. The summed E-state index contributed by atoms with van der Waals surface area (Å²) in [6.45, 7) is 2.13. The van der Waals surface area contributed by atoms with Gasteiger partial charge in [-0.05, 0) is 31.2 Å². The minimum Gasteiger partial charge on any atom is -0.326 e. The van der Waals surface area contributed by atoms with Crippen molar-refractivity contribution >= 4 is 34.0 Å². The molecule has 3 aromatic carbocycles. The zero-order chi connectivity index (χ0) is 18.9. The minimum absolute atomic E-state index is 0.741. The summed E-state index contributed by atoms with van der Waals surface area (Å²) < 4.78 is 0. The lowest BCUT2D eigenvalue weighted by molar-refractivity contribution is 1.31. The van der Waals surface area contributed by atoms with Gasteiger partial charge in [-0.1, -0.05) is 54.6 Å². The maximum Gasteiger partial charge on any atom is 0.205 e. The first-order valence-electron chi connectivity index (χ1n) is 9.11. The first-order valence-corrected chi connectivity index (χ1v) is 9.93. The lowest BCUT2D eigenvalue weighted by Gasteiger charge is -2.04. The number of thiazole rings is 1. The van der Waals surface area contributed by atoms with Crippen molar-refractivity contribution < 1.29 is 0 Å². The van der Waals surface area contributed by atoms with Crippen LogP contribution in [0, 0.1) is 6.92 Å². The van der Waals surface area contributed by atoms with Crippen molar-refractivity contribution in [3.63, 3.8) is 0 Å². The number of aromatic nitrogens is 3. The Kier molecular flexibility index (Phi) is 4.14. The summed E-state index contributed by atoms with van der Waals surface area (Å²) in [5.41, 5.74) is 6.27. The second-order valence-electron chi connectivity index (χ2n) is 6.59. The molecule has 2 N–H and O–H groups in total. The molecule has 0 unspecified atom stereocenters. The Morgan fingerprint density at radius 1 is 0.786 bits per heavy atom. The number of hydrogen-bond donors (Lipinski definition) is 2. The van der Waals surface area contributed by atoms with E-state index in [9.17, 15) is 0 Å². The van der Waals surface area contributed by atoms with Gasteiger partial charge in [0.1, 0.15) is 5.01 Å². The zero-order valence-corrected chi connectivity index (χ0v) is 16.1. The molecule has 0 atom stereocenters. The van der Waals surface area contributed by atoms with Gasteiger partial charge in [-0.2, -0.15) is 0 Å². The van der Waals surface area contributed by atoms with Gasteiger partial charge < -0.3 is 10.3 Å². The summed E-state index contributed by atoms with van der Waals surface area (Å²) in [7, 11) is 0. The molecule has 0 aliphatic heterocycles. The standard InChI is InChI=1S/C23H18N4S/c1-15-21(27-22(28-15)17-7-3-2-4-8-17)16-11-13-18(14-12-16)24-23-25-19-9-5-6-10-20(19)26-23/h2-14H,1H3,(H2,24,25,26). The molecular formula is C23H18N4S. The highest BCUT2D eigenvalue weighted by Crippen LogP contribution is 2.33. The molecule has 0 radical (unpaired) electrons. The highest BCUT2D eigenvalue weighted by molar-refractivity contribution is 7.15. The van der Waals surface area contributed by atoms with Gasteiger partial charge in [0.25, 0.3) is 0 Å². The fraction of sp³-hybridized carbons (Fsp3) is 0.0435. The third-order valence-electron chi connectivity index (χ3n) is 4.63. The second kappa shape index (κ2) is 6.94. The highest BCUT2D eigenvalue weighted by Gasteiger charge is 2.11. The molecule has 0 amide bonds. The fourth-order valence-corrected chi connectivity index (χ4v) is 4.17. The Hall–Kier alpha value is -3.44. The molecule has 28 heavy (non-hydrogen) atoms. The van der Waals surface area contributed by atoms with E-state index in [1.807, 2.05) is 42.5 Å². The van der Waals surface area contributed by atoms with Gasteiger partial charge in [0.15, 0.2) is 0 Å². The van der Waals surface area contributed by atoms with E-state index >= 15 is 0 Å². The summed E-state index contributed by atoms with van der Waals surface area (Å²) in [4.78, 5) is 13.9. The predicted molar refractivity (Wildman–Crippen MR) is 117 cm³/mol. The van der Waals surface area contributed by atoms with Crippen molar-refractivity contribution in [3.8, 4) is 21.8 Å². The van der Waals surface area contributed by atoms with Crippen LogP contribution in [0.15, 0.2) is 78.9 Å². The summed E-state index contributed by atoms with van der Waals surface area (Å²) >= 11 is 1.73. The molecule has 136 valence electrons. The number of nitrogens with one attached hydrogen (secondary N) is 2. The van der Waals surface area contributed by atoms with Crippen LogP contribution in [-0.2, 0) is 0 Å². The lowest BCUT2D eigenvalue weighted by Crippen LogP contribution is -1.92. The summed E-state index contributed by atoms with van der Waals surface area (Å²) in [5, 5.41) is 4.39. The number of H-pyrrole nitrogens is 1. The number of hydrogen-bond acceptors (Lipinski definition) is 4. The monoisotopic (exact) mass is 382 g/mol. The van der Waals surface area contributed by atoms with Gasteiger partial charge in [-0.25, -0.2) is 9.97 Å². The molecule has 0 aliphatic rings. The molecule has 0 spiro atoms. The second-order valence-corrected chi connectivity index (χ2v) is 7.80. The van der Waals surface area contributed by atoms with Gasteiger partial charge in [-0.3, -0.25) is 0 Å². The van der Waals surface area contributed by atoms with Gasteiger partial charge in [-0.15, -0.1) is 11.3 Å². The molecule has 4 nitrogen and oxygen atoms in total. The van der Waals surface area contributed by atoms with Crippen LogP contribution >= 0.6 is 11.3 Å². The molecule has 5 aromatic rings. The molecule has 5 heteroatoms. The Balaban J connectivity index is 1.40. The topological polar surface area (TPSA) is 53.6 Å². The molecule has 2 heterocycles. The molecule has 0 fully saturated rings. The summed E-state index contributed by atoms with van der Waals surface area (Å²) in [5.74, 6) is 0.741. The zero-order valence-electron chi connectivity index (χ0n) is 15.3. The van der Waals surface area contributed by atoms with Gasteiger partial charge in [0.05, 0.1) is 16.7 Å². The number of rotatable bonds is 4. The van der Waals surface area contributed by atoms with Crippen LogP contribution in [0.3, 0.4) is 0 Å². The van der Waals surface area contributed by atoms with Crippen LogP contribution in [0.25, 0.3) is 32.9 Å². The van der Waals surface area contributed by atoms with E-state index in [2.05, 4.69) is 58.6 Å². The fourth-order valence-electron chi connectivity index (χ4n) is 3.23. The highest BCUT2D eigenvalue weighted by atomic mass is 32.1. The van der Waals surface area contributed by atoms with Crippen molar-refractivity contribution in [1.82, 2.24) is 15.0 Å². The van der Waals surface area contributed by atoms with Crippen molar-refractivity contribution in [2.45, 2.75) is 6.92 Å². The van der Waals surface area contributed by atoms with E-state index in [-0.39, 0.29) is 0 Å². The molecule has 5 rings (SSSR count). The Morgan fingerprint density at radius 2 is 1.54 bits per heavy atom. The first kappa shape index (κ1) is 16.7. The SMILES string of the molecule is Cc1sc(-c2ccccc2)nc1-c1ccc(Nc2nc3ccccc3[nH]2)cc1. The maximum atomic E-state index is 4.87. The van der Waals surface area contributed by atoms with Crippen molar-refractivity contribution in [3.05, 3.63) is 83.7 Å². The van der Waals surface area contributed by atoms with E-state index in [0.29, 0.717) is 0 Å². The van der Waals surface area contributed by atoms with E-state index < -0.39 is 0 Å². The molecular weight excluding hydrogens is 364 g/mol. The van der Waals surface area contributed by atoms with E-state index in [1.165, 1.54) is 4.88 Å². The average molecular weight is 382 g/mol. The number of nitrogens with zero attached hydrogens (tertiary/aromatic N) is 2. The summed E-state index contributed by atoms with van der Waals surface area (Å²) in [6.07, 6.45) is 0. The summed E-state index contributed by atoms with van der Waals surface area (Å²) in [6, 6.07) is 26.6. The molecule has 0 bridgehead atoms. The van der Waals surface area contributed by atoms with Gasteiger partial charge >= 0.3 is 0 Å². The molecule has 0 saturated heterocycles. The van der Waals surface area contributed by atoms with Crippen molar-refractivity contribution in [2.24, 2.45) is 0 Å². The van der Waals surface area contributed by atoms with Gasteiger partial charge in [0.2, 0.25) is 5.95 Å². The average Bonchev–Trinajstić information content (AvgIpc) is 3.32. The molecule has 2 aromatic heterocycles. The quantitative estimate of drug-likeness (QED) is 0.378. The maximum absolute atomic E-state index is 4.87.